The van der Waals surface area contributed by atoms with Crippen molar-refractivity contribution in [1.82, 2.24) is 5.32 Å². The van der Waals surface area contributed by atoms with Crippen molar-refractivity contribution >= 4 is 5.91 Å². The molecule has 0 aromatic rings. The van der Waals surface area contributed by atoms with E-state index in [1.807, 2.05) is 6.92 Å². The molecule has 0 aliphatic carbocycles. The van der Waals surface area contributed by atoms with E-state index in [4.69, 9.17) is 10.5 Å². The van der Waals surface area contributed by atoms with Crippen molar-refractivity contribution < 1.29 is 9.53 Å². The Bertz CT molecular complexity index is 191. The van der Waals surface area contributed by atoms with Crippen molar-refractivity contribution in [2.75, 3.05) is 20.3 Å². The smallest absolute Gasteiger partial charge is 0.221 e. The summed E-state index contributed by atoms with van der Waals surface area (Å²) >= 11 is 0. The lowest BCUT2D eigenvalue weighted by Crippen LogP contribution is -2.37. The third-order valence-corrected chi connectivity index (χ3v) is 2.25. The lowest BCUT2D eigenvalue weighted by atomic mass is 9.89. The van der Waals surface area contributed by atoms with E-state index in [2.05, 4.69) is 19.2 Å². The minimum atomic E-state index is -0.0768. The molecule has 1 atom stereocenters. The maximum Gasteiger partial charge on any atom is 0.221 e. The van der Waals surface area contributed by atoms with Gasteiger partial charge in [-0.25, -0.2) is 0 Å². The molecule has 0 saturated heterocycles. The summed E-state index contributed by atoms with van der Waals surface area (Å²) in [6.07, 6.45) is 1.32. The van der Waals surface area contributed by atoms with Gasteiger partial charge >= 0.3 is 0 Å². The monoisotopic (exact) mass is 216 g/mol. The minimum absolute atomic E-state index is 0.0236. The fourth-order valence-corrected chi connectivity index (χ4v) is 1.17. The molecule has 0 rings (SSSR count). The standard InChI is InChI=1S/C11H24N2O2/c1-9(12)7-10(14)13-8-11(2,3)5-6-15-4/h9H,5-8,12H2,1-4H3,(H,13,14). The van der Waals surface area contributed by atoms with Crippen molar-refractivity contribution in [3.8, 4) is 0 Å². The molecule has 0 fully saturated rings. The first kappa shape index (κ1) is 14.4. The maximum absolute atomic E-state index is 11.4. The fraction of sp³-hybridized carbons (Fsp3) is 0.909. The Balaban J connectivity index is 3.77. The second-order valence-corrected chi connectivity index (χ2v) is 4.87. The molecule has 0 aliphatic rings. The third-order valence-electron chi connectivity index (χ3n) is 2.25. The number of hydrogen-bond acceptors (Lipinski definition) is 3. The van der Waals surface area contributed by atoms with Crippen LogP contribution < -0.4 is 11.1 Å². The van der Waals surface area contributed by atoms with Gasteiger partial charge in [0.05, 0.1) is 0 Å². The second kappa shape index (κ2) is 6.80. The summed E-state index contributed by atoms with van der Waals surface area (Å²) in [5.41, 5.74) is 5.60. The predicted octanol–water partition coefficient (Wildman–Crippen LogP) is 0.903. The van der Waals surface area contributed by atoms with Crippen molar-refractivity contribution in [2.24, 2.45) is 11.1 Å². The summed E-state index contributed by atoms with van der Waals surface area (Å²) in [6, 6.07) is -0.0768. The van der Waals surface area contributed by atoms with Crippen molar-refractivity contribution in [1.29, 1.82) is 0 Å². The van der Waals surface area contributed by atoms with Gasteiger partial charge in [0.15, 0.2) is 0 Å². The molecule has 0 aliphatic heterocycles. The molecule has 4 heteroatoms. The number of methoxy groups -OCH3 is 1. The van der Waals surface area contributed by atoms with E-state index in [-0.39, 0.29) is 17.4 Å². The number of ether oxygens (including phenoxy) is 1. The Kier molecular flexibility index (Phi) is 6.52. The average molecular weight is 216 g/mol. The van der Waals surface area contributed by atoms with E-state index >= 15 is 0 Å². The normalized spacial score (nSPS) is 13.7. The molecule has 0 saturated carbocycles. The Hall–Kier alpha value is -0.610. The summed E-state index contributed by atoms with van der Waals surface area (Å²) in [5.74, 6) is 0.0236. The number of rotatable bonds is 7. The molecule has 0 bridgehead atoms. The van der Waals surface area contributed by atoms with Crippen LogP contribution >= 0.6 is 0 Å². The summed E-state index contributed by atoms with van der Waals surface area (Å²) in [4.78, 5) is 11.4. The van der Waals surface area contributed by atoms with Crippen LogP contribution in [0.5, 0.6) is 0 Å². The molecule has 3 N–H and O–H groups in total. The number of carbonyl (C=O) groups excluding carboxylic acids is 1. The van der Waals surface area contributed by atoms with Crippen LogP contribution in [-0.2, 0) is 9.53 Å². The summed E-state index contributed by atoms with van der Waals surface area (Å²) in [7, 11) is 1.69. The van der Waals surface area contributed by atoms with Crippen molar-refractivity contribution in [2.45, 2.75) is 39.7 Å². The molecule has 0 aromatic carbocycles. The van der Waals surface area contributed by atoms with Crippen LogP contribution in [0.2, 0.25) is 0 Å². The summed E-state index contributed by atoms with van der Waals surface area (Å²) in [5, 5.41) is 2.89. The topological polar surface area (TPSA) is 64.3 Å². The molecule has 1 amide bonds. The third kappa shape index (κ3) is 8.39. The highest BCUT2D eigenvalue weighted by molar-refractivity contribution is 5.76. The lowest BCUT2D eigenvalue weighted by Gasteiger charge is -2.24. The number of carbonyl (C=O) groups is 1. The van der Waals surface area contributed by atoms with Gasteiger partial charge in [0.1, 0.15) is 0 Å². The Morgan fingerprint density at radius 3 is 2.60 bits per heavy atom. The molecular formula is C11H24N2O2. The highest BCUT2D eigenvalue weighted by Gasteiger charge is 2.18. The molecule has 0 spiro atoms. The Labute approximate surface area is 92.6 Å². The zero-order valence-corrected chi connectivity index (χ0v) is 10.3. The van der Waals surface area contributed by atoms with Crippen LogP contribution in [0, 0.1) is 5.41 Å². The first-order valence-corrected chi connectivity index (χ1v) is 5.38. The van der Waals surface area contributed by atoms with Gasteiger partial charge in [-0.15, -0.1) is 0 Å². The van der Waals surface area contributed by atoms with E-state index in [9.17, 15) is 4.79 Å². The molecule has 0 heterocycles. The van der Waals surface area contributed by atoms with Gasteiger partial charge < -0.3 is 15.8 Å². The van der Waals surface area contributed by atoms with Gasteiger partial charge in [0, 0.05) is 32.7 Å². The van der Waals surface area contributed by atoms with Crippen LogP contribution in [0.1, 0.15) is 33.6 Å². The van der Waals surface area contributed by atoms with Gasteiger partial charge in [-0.1, -0.05) is 13.8 Å². The number of hydrogen-bond donors (Lipinski definition) is 2. The fourth-order valence-electron chi connectivity index (χ4n) is 1.17. The van der Waals surface area contributed by atoms with Gasteiger partial charge in [-0.3, -0.25) is 4.79 Å². The molecule has 90 valence electrons. The maximum atomic E-state index is 11.4. The van der Waals surface area contributed by atoms with Gasteiger partial charge in [-0.05, 0) is 18.8 Å². The molecule has 1 unspecified atom stereocenters. The van der Waals surface area contributed by atoms with E-state index in [0.717, 1.165) is 13.0 Å². The minimum Gasteiger partial charge on any atom is -0.385 e. The Morgan fingerprint density at radius 2 is 2.13 bits per heavy atom. The zero-order chi connectivity index (χ0) is 11.9. The molecule has 15 heavy (non-hydrogen) atoms. The number of nitrogens with one attached hydrogen (secondary N) is 1. The molecule has 0 radical (unpaired) electrons. The SMILES string of the molecule is COCCC(C)(C)CNC(=O)CC(C)N. The molecule has 4 nitrogen and oxygen atoms in total. The van der Waals surface area contributed by atoms with E-state index in [0.29, 0.717) is 13.0 Å². The Morgan fingerprint density at radius 1 is 1.53 bits per heavy atom. The molecular weight excluding hydrogens is 192 g/mol. The van der Waals surface area contributed by atoms with Gasteiger partial charge in [-0.2, -0.15) is 0 Å². The van der Waals surface area contributed by atoms with Crippen LogP contribution in [0.15, 0.2) is 0 Å². The average Bonchev–Trinajstić information content (AvgIpc) is 2.11. The highest BCUT2D eigenvalue weighted by atomic mass is 16.5. The molecule has 0 aromatic heterocycles. The first-order valence-electron chi connectivity index (χ1n) is 5.38. The van der Waals surface area contributed by atoms with Crippen molar-refractivity contribution in [3.63, 3.8) is 0 Å². The van der Waals surface area contributed by atoms with Gasteiger partial charge in [0.25, 0.3) is 0 Å². The number of amides is 1. The quantitative estimate of drug-likeness (QED) is 0.664. The van der Waals surface area contributed by atoms with Crippen LogP contribution in [0.4, 0.5) is 0 Å². The summed E-state index contributed by atoms with van der Waals surface area (Å²) < 4.78 is 5.02. The van der Waals surface area contributed by atoms with Crippen LogP contribution in [-0.4, -0.2) is 32.2 Å². The van der Waals surface area contributed by atoms with Crippen LogP contribution in [0.25, 0.3) is 0 Å². The van der Waals surface area contributed by atoms with Crippen molar-refractivity contribution in [3.05, 3.63) is 0 Å². The highest BCUT2D eigenvalue weighted by Crippen LogP contribution is 2.18. The largest absolute Gasteiger partial charge is 0.385 e. The van der Waals surface area contributed by atoms with E-state index in [1.54, 1.807) is 7.11 Å². The number of nitrogens with two attached hydrogens (primary N) is 1. The first-order chi connectivity index (χ1) is 6.87. The second-order valence-electron chi connectivity index (χ2n) is 4.87. The van der Waals surface area contributed by atoms with Crippen LogP contribution in [0.3, 0.4) is 0 Å². The summed E-state index contributed by atoms with van der Waals surface area (Å²) in [6.45, 7) is 7.43. The van der Waals surface area contributed by atoms with E-state index in [1.165, 1.54) is 0 Å². The van der Waals surface area contributed by atoms with Gasteiger partial charge in [0.2, 0.25) is 5.91 Å². The predicted molar refractivity (Wildman–Crippen MR) is 61.6 cm³/mol. The van der Waals surface area contributed by atoms with E-state index < -0.39 is 0 Å². The lowest BCUT2D eigenvalue weighted by molar-refractivity contribution is -0.121. The zero-order valence-electron chi connectivity index (χ0n) is 10.3.